The highest BCUT2D eigenvalue weighted by Crippen LogP contribution is 2.39. The van der Waals surface area contributed by atoms with Gasteiger partial charge in [-0.05, 0) is 12.8 Å². The van der Waals surface area contributed by atoms with E-state index in [0.29, 0.717) is 0 Å². The SMILES string of the molecule is O=S(C(F)(F)CCCC(F)(F)F)C(F)(F)CCCC(F)(F)F. The molecule has 0 heterocycles. The molecule has 0 aromatic carbocycles. The van der Waals surface area contributed by atoms with Gasteiger partial charge in [-0.2, -0.15) is 43.9 Å². The fourth-order valence-electron chi connectivity index (χ4n) is 1.39. The number of hydrogen-bond donors (Lipinski definition) is 0. The highest BCUT2D eigenvalue weighted by atomic mass is 32.2. The van der Waals surface area contributed by atoms with Crippen LogP contribution < -0.4 is 0 Å². The van der Waals surface area contributed by atoms with Crippen LogP contribution in [0.25, 0.3) is 0 Å². The molecular formula is C10H12F10OS. The molecule has 22 heavy (non-hydrogen) atoms. The van der Waals surface area contributed by atoms with Crippen molar-refractivity contribution < 1.29 is 48.1 Å². The Bertz CT molecular complexity index is 339. The Morgan fingerprint density at radius 3 is 1.05 bits per heavy atom. The second-order valence-electron chi connectivity index (χ2n) is 4.48. The molecule has 0 aliphatic carbocycles. The number of halogens is 10. The molecule has 0 saturated heterocycles. The van der Waals surface area contributed by atoms with Crippen molar-refractivity contribution in [3.63, 3.8) is 0 Å². The summed E-state index contributed by atoms with van der Waals surface area (Å²) in [6.07, 6.45) is -18.7. The molecule has 0 N–H and O–H groups in total. The lowest BCUT2D eigenvalue weighted by molar-refractivity contribution is -0.137. The molecule has 0 aromatic heterocycles. The Balaban J connectivity index is 4.55. The summed E-state index contributed by atoms with van der Waals surface area (Å²) < 4.78 is 134. The van der Waals surface area contributed by atoms with Crippen molar-refractivity contribution >= 4 is 10.8 Å². The van der Waals surface area contributed by atoms with Crippen molar-refractivity contribution in [3.05, 3.63) is 0 Å². The molecule has 0 radical (unpaired) electrons. The van der Waals surface area contributed by atoms with Gasteiger partial charge in [0.05, 0.1) is 0 Å². The minimum Gasteiger partial charge on any atom is -0.247 e. The summed E-state index contributed by atoms with van der Waals surface area (Å²) in [5, 5.41) is -9.24. The fraction of sp³-hybridized carbons (Fsp3) is 1.00. The van der Waals surface area contributed by atoms with Crippen molar-refractivity contribution in [3.8, 4) is 0 Å². The molecule has 0 atom stereocenters. The zero-order valence-corrected chi connectivity index (χ0v) is 11.7. The molecule has 0 unspecified atom stereocenters. The van der Waals surface area contributed by atoms with Crippen molar-refractivity contribution in [1.29, 1.82) is 0 Å². The molecule has 0 saturated carbocycles. The highest BCUT2D eigenvalue weighted by molar-refractivity contribution is 7.87. The summed E-state index contributed by atoms with van der Waals surface area (Å²) in [5.41, 5.74) is 0. The number of hydrogen-bond acceptors (Lipinski definition) is 1. The summed E-state index contributed by atoms with van der Waals surface area (Å²) in [4.78, 5) is 0. The number of rotatable bonds is 8. The maximum Gasteiger partial charge on any atom is 0.389 e. The summed E-state index contributed by atoms with van der Waals surface area (Å²) in [5.74, 6) is 0. The molecule has 0 aromatic rings. The van der Waals surface area contributed by atoms with Crippen LogP contribution in [0.1, 0.15) is 38.5 Å². The zero-order chi connectivity index (χ0) is 17.8. The van der Waals surface area contributed by atoms with Gasteiger partial charge >= 0.3 is 22.9 Å². The first-order valence-corrected chi connectivity index (χ1v) is 7.03. The largest absolute Gasteiger partial charge is 0.389 e. The van der Waals surface area contributed by atoms with Gasteiger partial charge in [-0.15, -0.1) is 0 Å². The van der Waals surface area contributed by atoms with Crippen LogP contribution in [0.3, 0.4) is 0 Å². The van der Waals surface area contributed by atoms with Crippen LogP contribution in [0.2, 0.25) is 0 Å². The van der Waals surface area contributed by atoms with Crippen LogP contribution in [0.4, 0.5) is 43.9 Å². The topological polar surface area (TPSA) is 17.1 Å². The van der Waals surface area contributed by atoms with E-state index in [-0.39, 0.29) is 0 Å². The maximum atomic E-state index is 13.2. The molecule has 0 rings (SSSR count). The third-order valence-corrected chi connectivity index (χ3v) is 3.89. The van der Waals surface area contributed by atoms with E-state index in [9.17, 15) is 48.1 Å². The van der Waals surface area contributed by atoms with Crippen molar-refractivity contribution in [2.45, 2.75) is 61.4 Å². The van der Waals surface area contributed by atoms with Gasteiger partial charge in [0.15, 0.2) is 10.8 Å². The fourth-order valence-corrected chi connectivity index (χ4v) is 2.49. The van der Waals surface area contributed by atoms with Crippen molar-refractivity contribution in [1.82, 2.24) is 0 Å². The van der Waals surface area contributed by atoms with Crippen LogP contribution in [-0.2, 0) is 10.8 Å². The lowest BCUT2D eigenvalue weighted by Gasteiger charge is -2.23. The minimum atomic E-state index is -4.77. The van der Waals surface area contributed by atoms with Crippen LogP contribution in [0.5, 0.6) is 0 Å². The molecule has 134 valence electrons. The second-order valence-corrected chi connectivity index (χ2v) is 6.21. The van der Waals surface area contributed by atoms with Gasteiger partial charge in [0.25, 0.3) is 0 Å². The van der Waals surface area contributed by atoms with E-state index in [1.165, 1.54) is 0 Å². The Morgan fingerprint density at radius 2 is 0.818 bits per heavy atom. The first-order chi connectivity index (χ1) is 9.57. The standard InChI is InChI=1S/C10H12F10OS/c11-7(12,13)3-1-5-9(17,18)22(21)10(19,20)6-2-4-8(14,15)16/h1-6H2. The van der Waals surface area contributed by atoms with Gasteiger partial charge in [-0.25, -0.2) is 4.21 Å². The molecule has 0 fully saturated rings. The predicted octanol–water partition coefficient (Wildman–Crippen LogP) is 5.39. The third-order valence-electron chi connectivity index (χ3n) is 2.40. The predicted molar refractivity (Wildman–Crippen MR) is 57.8 cm³/mol. The Hall–Kier alpha value is -0.550. The average molecular weight is 370 g/mol. The van der Waals surface area contributed by atoms with Gasteiger partial charge in [0, 0.05) is 25.7 Å². The average Bonchev–Trinajstić information content (AvgIpc) is 2.23. The first-order valence-electron chi connectivity index (χ1n) is 5.88. The van der Waals surface area contributed by atoms with E-state index in [1.807, 2.05) is 0 Å². The van der Waals surface area contributed by atoms with E-state index in [2.05, 4.69) is 0 Å². The van der Waals surface area contributed by atoms with Gasteiger partial charge < -0.3 is 0 Å². The quantitative estimate of drug-likeness (QED) is 0.524. The Kier molecular flexibility index (Phi) is 7.16. The van der Waals surface area contributed by atoms with Crippen LogP contribution in [0.15, 0.2) is 0 Å². The van der Waals surface area contributed by atoms with E-state index in [0.717, 1.165) is 0 Å². The van der Waals surface area contributed by atoms with Crippen LogP contribution >= 0.6 is 0 Å². The highest BCUT2D eigenvalue weighted by Gasteiger charge is 2.52. The van der Waals surface area contributed by atoms with Gasteiger partial charge in [-0.1, -0.05) is 0 Å². The molecule has 1 nitrogen and oxygen atoms in total. The Morgan fingerprint density at radius 1 is 0.545 bits per heavy atom. The molecule has 0 spiro atoms. The summed E-state index contributed by atoms with van der Waals surface area (Å²) in [6, 6.07) is 0. The minimum absolute atomic E-state index is 1.22. The zero-order valence-electron chi connectivity index (χ0n) is 10.8. The lowest BCUT2D eigenvalue weighted by atomic mass is 10.2. The van der Waals surface area contributed by atoms with Crippen molar-refractivity contribution in [2.24, 2.45) is 0 Å². The second kappa shape index (κ2) is 7.35. The number of alkyl halides is 10. The lowest BCUT2D eigenvalue weighted by Crippen LogP contribution is -2.37. The molecule has 0 aliphatic rings. The van der Waals surface area contributed by atoms with Crippen molar-refractivity contribution in [2.75, 3.05) is 0 Å². The molecule has 0 aliphatic heterocycles. The maximum absolute atomic E-state index is 13.2. The Labute approximate surface area is 121 Å². The normalized spacial score (nSPS) is 14.7. The molecule has 0 bridgehead atoms. The van der Waals surface area contributed by atoms with E-state index in [4.69, 9.17) is 0 Å². The third kappa shape index (κ3) is 8.79. The van der Waals surface area contributed by atoms with Crippen LogP contribution in [-0.4, -0.2) is 27.1 Å². The van der Waals surface area contributed by atoms with Crippen LogP contribution in [0, 0.1) is 0 Å². The van der Waals surface area contributed by atoms with Gasteiger partial charge in [0.1, 0.15) is 0 Å². The summed E-state index contributed by atoms with van der Waals surface area (Å²) in [6.45, 7) is 0. The summed E-state index contributed by atoms with van der Waals surface area (Å²) >= 11 is 0. The van der Waals surface area contributed by atoms with E-state index in [1.54, 1.807) is 0 Å². The smallest absolute Gasteiger partial charge is 0.247 e. The van der Waals surface area contributed by atoms with Gasteiger partial charge in [-0.3, -0.25) is 0 Å². The first kappa shape index (κ1) is 21.4. The summed E-state index contributed by atoms with van der Waals surface area (Å²) in [7, 11) is -4.20. The molecular weight excluding hydrogens is 358 g/mol. The van der Waals surface area contributed by atoms with E-state index >= 15 is 0 Å². The molecule has 12 heteroatoms. The van der Waals surface area contributed by atoms with Gasteiger partial charge in [0.2, 0.25) is 0 Å². The molecule has 0 amide bonds. The van der Waals surface area contributed by atoms with E-state index < -0.39 is 72.2 Å². The monoisotopic (exact) mass is 370 g/mol.